The van der Waals surface area contributed by atoms with Crippen LogP contribution in [0.3, 0.4) is 0 Å². The lowest BCUT2D eigenvalue weighted by Crippen LogP contribution is -2.33. The molecule has 0 aliphatic heterocycles. The number of carbonyl (C=O) groups excluding carboxylic acids is 1. The molecule has 0 aliphatic rings. The van der Waals surface area contributed by atoms with E-state index in [1.165, 1.54) is 6.07 Å². The predicted molar refractivity (Wildman–Crippen MR) is 74.1 cm³/mol. The van der Waals surface area contributed by atoms with Crippen molar-refractivity contribution in [1.82, 2.24) is 4.72 Å². The average molecular weight is 301 g/mol. The molecule has 0 bridgehead atoms. The van der Waals surface area contributed by atoms with Gasteiger partial charge in [0.1, 0.15) is 11.3 Å². The number of phenolic OH excluding ortho intramolecular Hbond substituents is 1. The molecule has 20 heavy (non-hydrogen) atoms. The van der Waals surface area contributed by atoms with Gasteiger partial charge in [-0.15, -0.1) is 0 Å². The van der Waals surface area contributed by atoms with E-state index in [1.807, 2.05) is 13.8 Å². The van der Waals surface area contributed by atoms with Gasteiger partial charge in [0.05, 0.1) is 12.0 Å². The Kier molecular flexibility index (Phi) is 5.52. The molecule has 0 aliphatic carbocycles. The van der Waals surface area contributed by atoms with E-state index < -0.39 is 16.0 Å². The molecular weight excluding hydrogens is 282 g/mol. The first-order valence-corrected chi connectivity index (χ1v) is 7.77. The fourth-order valence-electron chi connectivity index (χ4n) is 1.70. The van der Waals surface area contributed by atoms with Crippen molar-refractivity contribution in [2.24, 2.45) is 0 Å². The Balaban J connectivity index is 3.16. The molecule has 0 radical (unpaired) electrons. The fourth-order valence-corrected chi connectivity index (χ4v) is 3.13. The first-order valence-electron chi connectivity index (χ1n) is 6.29. The number of benzene rings is 1. The second-order valence-electron chi connectivity index (χ2n) is 4.31. The summed E-state index contributed by atoms with van der Waals surface area (Å²) in [6, 6.07) is 3.34. The van der Waals surface area contributed by atoms with E-state index >= 15 is 0 Å². The third-order valence-corrected chi connectivity index (χ3v) is 4.51. The van der Waals surface area contributed by atoms with Gasteiger partial charge in [0.25, 0.3) is 0 Å². The Hall–Kier alpha value is -1.60. The van der Waals surface area contributed by atoms with Crippen LogP contribution in [0.25, 0.3) is 0 Å². The highest BCUT2D eigenvalue weighted by atomic mass is 32.2. The van der Waals surface area contributed by atoms with Gasteiger partial charge in [0.2, 0.25) is 10.0 Å². The SMILES string of the molecule is CCC(CC)NS(=O)(=O)c1ccc(O)c(C(=O)OC)c1. The minimum Gasteiger partial charge on any atom is -0.507 e. The van der Waals surface area contributed by atoms with Gasteiger partial charge in [-0.1, -0.05) is 13.8 Å². The molecule has 0 amide bonds. The normalized spacial score (nSPS) is 11.6. The van der Waals surface area contributed by atoms with Gasteiger partial charge in [-0.3, -0.25) is 0 Å². The molecule has 0 unspecified atom stereocenters. The van der Waals surface area contributed by atoms with Crippen LogP contribution in [0.4, 0.5) is 0 Å². The average Bonchev–Trinajstić information content (AvgIpc) is 2.44. The highest BCUT2D eigenvalue weighted by Gasteiger charge is 2.21. The maximum absolute atomic E-state index is 12.2. The summed E-state index contributed by atoms with van der Waals surface area (Å²) in [6.45, 7) is 3.76. The van der Waals surface area contributed by atoms with Crippen molar-refractivity contribution < 1.29 is 23.1 Å². The molecule has 0 saturated carbocycles. The Labute approximate surface area is 118 Å². The second kappa shape index (κ2) is 6.71. The van der Waals surface area contributed by atoms with E-state index in [1.54, 1.807) is 0 Å². The second-order valence-corrected chi connectivity index (χ2v) is 6.02. The van der Waals surface area contributed by atoms with Crippen LogP contribution in [0.5, 0.6) is 5.75 Å². The molecular formula is C13H19NO5S. The quantitative estimate of drug-likeness (QED) is 0.779. The number of ether oxygens (including phenoxy) is 1. The van der Waals surface area contributed by atoms with Crippen LogP contribution >= 0.6 is 0 Å². The van der Waals surface area contributed by atoms with E-state index in [4.69, 9.17) is 0 Å². The van der Waals surface area contributed by atoms with E-state index in [2.05, 4.69) is 9.46 Å². The van der Waals surface area contributed by atoms with Crippen molar-refractivity contribution in [3.8, 4) is 5.75 Å². The fraction of sp³-hybridized carbons (Fsp3) is 0.462. The summed E-state index contributed by atoms with van der Waals surface area (Å²) in [7, 11) is -2.58. The number of methoxy groups -OCH3 is 1. The number of esters is 1. The van der Waals surface area contributed by atoms with Crippen LogP contribution in [0.2, 0.25) is 0 Å². The molecule has 112 valence electrons. The zero-order valence-electron chi connectivity index (χ0n) is 11.7. The maximum Gasteiger partial charge on any atom is 0.341 e. The highest BCUT2D eigenvalue weighted by Crippen LogP contribution is 2.22. The number of sulfonamides is 1. The highest BCUT2D eigenvalue weighted by molar-refractivity contribution is 7.89. The molecule has 0 aromatic heterocycles. The van der Waals surface area contributed by atoms with E-state index in [0.29, 0.717) is 12.8 Å². The molecule has 6 nitrogen and oxygen atoms in total. The van der Waals surface area contributed by atoms with Crippen molar-refractivity contribution in [3.05, 3.63) is 23.8 Å². The summed E-state index contributed by atoms with van der Waals surface area (Å²) >= 11 is 0. The molecule has 0 heterocycles. The monoisotopic (exact) mass is 301 g/mol. The minimum absolute atomic E-state index is 0.0809. The predicted octanol–water partition coefficient (Wildman–Crippen LogP) is 1.65. The van der Waals surface area contributed by atoms with Gasteiger partial charge >= 0.3 is 5.97 Å². The van der Waals surface area contributed by atoms with Gasteiger partial charge in [0, 0.05) is 6.04 Å². The van der Waals surface area contributed by atoms with Gasteiger partial charge < -0.3 is 9.84 Å². The Morgan fingerprint density at radius 2 is 1.95 bits per heavy atom. The zero-order chi connectivity index (χ0) is 15.3. The standard InChI is InChI=1S/C13H19NO5S/c1-4-9(5-2)14-20(17,18)10-6-7-12(15)11(8-10)13(16)19-3/h6-9,14-15H,4-5H2,1-3H3. The summed E-state index contributed by atoms with van der Waals surface area (Å²) in [5, 5.41) is 9.56. The summed E-state index contributed by atoms with van der Waals surface area (Å²) < 4.78 is 31.4. The molecule has 7 heteroatoms. The van der Waals surface area contributed by atoms with E-state index in [0.717, 1.165) is 19.2 Å². The van der Waals surface area contributed by atoms with Crippen LogP contribution < -0.4 is 4.72 Å². The third kappa shape index (κ3) is 3.71. The van der Waals surface area contributed by atoms with Crippen molar-refractivity contribution in [1.29, 1.82) is 0 Å². The molecule has 1 rings (SSSR count). The number of rotatable bonds is 6. The van der Waals surface area contributed by atoms with Crippen molar-refractivity contribution >= 4 is 16.0 Å². The zero-order valence-corrected chi connectivity index (χ0v) is 12.5. The topological polar surface area (TPSA) is 92.7 Å². The molecule has 1 aromatic rings. The number of phenols is 1. The van der Waals surface area contributed by atoms with Crippen LogP contribution in [0.15, 0.2) is 23.1 Å². The summed E-state index contributed by atoms with van der Waals surface area (Å²) in [5.41, 5.74) is -0.181. The molecule has 0 atom stereocenters. The molecule has 2 N–H and O–H groups in total. The minimum atomic E-state index is -3.73. The number of nitrogens with one attached hydrogen (secondary N) is 1. The van der Waals surface area contributed by atoms with Crippen LogP contribution in [0, 0.1) is 0 Å². The molecule has 0 spiro atoms. The third-order valence-electron chi connectivity index (χ3n) is 2.99. The lowest BCUT2D eigenvalue weighted by Gasteiger charge is -2.15. The van der Waals surface area contributed by atoms with Crippen molar-refractivity contribution in [3.63, 3.8) is 0 Å². The van der Waals surface area contributed by atoms with Crippen LogP contribution in [-0.4, -0.2) is 32.6 Å². The van der Waals surface area contributed by atoms with Gasteiger partial charge in [-0.05, 0) is 31.0 Å². The van der Waals surface area contributed by atoms with E-state index in [-0.39, 0.29) is 22.3 Å². The summed E-state index contributed by atoms with van der Waals surface area (Å²) in [6.07, 6.45) is 1.33. The van der Waals surface area contributed by atoms with Crippen LogP contribution in [-0.2, 0) is 14.8 Å². The van der Waals surface area contributed by atoms with Gasteiger partial charge in [0.15, 0.2) is 0 Å². The van der Waals surface area contributed by atoms with E-state index in [9.17, 15) is 18.3 Å². The van der Waals surface area contributed by atoms with Gasteiger partial charge in [-0.2, -0.15) is 0 Å². The van der Waals surface area contributed by atoms with Crippen molar-refractivity contribution in [2.45, 2.75) is 37.6 Å². The Bertz CT molecular complexity index is 578. The molecule has 1 aromatic carbocycles. The number of carbonyl (C=O) groups is 1. The molecule has 0 saturated heterocycles. The number of hydrogen-bond acceptors (Lipinski definition) is 5. The lowest BCUT2D eigenvalue weighted by molar-refractivity contribution is 0.0597. The summed E-state index contributed by atoms with van der Waals surface area (Å²) in [4.78, 5) is 11.4. The van der Waals surface area contributed by atoms with Crippen molar-refractivity contribution in [2.75, 3.05) is 7.11 Å². The Morgan fingerprint density at radius 1 is 1.35 bits per heavy atom. The first-order chi connectivity index (χ1) is 9.35. The Morgan fingerprint density at radius 3 is 2.45 bits per heavy atom. The number of aromatic hydroxyl groups is 1. The smallest absolute Gasteiger partial charge is 0.341 e. The lowest BCUT2D eigenvalue weighted by atomic mass is 10.2. The van der Waals surface area contributed by atoms with Gasteiger partial charge in [-0.25, -0.2) is 17.9 Å². The van der Waals surface area contributed by atoms with Crippen LogP contribution in [0.1, 0.15) is 37.0 Å². The summed E-state index contributed by atoms with van der Waals surface area (Å²) in [5.74, 6) is -1.11. The number of hydrogen-bond donors (Lipinski definition) is 2. The first kappa shape index (κ1) is 16.5. The largest absolute Gasteiger partial charge is 0.507 e. The molecule has 0 fully saturated rings. The maximum atomic E-state index is 12.2.